The van der Waals surface area contributed by atoms with Gasteiger partial charge >= 0.3 is 5.97 Å². The minimum Gasteiger partial charge on any atom is -0.481 e. The molecule has 1 saturated carbocycles. The van der Waals surface area contributed by atoms with Crippen LogP contribution in [-0.2, 0) is 11.8 Å². The van der Waals surface area contributed by atoms with Gasteiger partial charge in [-0.15, -0.1) is 0 Å². The second kappa shape index (κ2) is 7.86. The number of rotatable bonds is 4. The summed E-state index contributed by atoms with van der Waals surface area (Å²) < 4.78 is 18.8. The zero-order chi connectivity index (χ0) is 25.4. The molecule has 0 amide bonds. The van der Waals surface area contributed by atoms with Crippen molar-refractivity contribution in [1.82, 2.24) is 24.5 Å². The van der Waals surface area contributed by atoms with E-state index in [2.05, 4.69) is 10.00 Å². The number of halogens is 1. The number of nitrogens with zero attached hydrogens (tertiary/aromatic N) is 6. The van der Waals surface area contributed by atoms with Crippen LogP contribution in [-0.4, -0.2) is 48.2 Å². The predicted molar refractivity (Wildman–Crippen MR) is 138 cm³/mol. The largest absolute Gasteiger partial charge is 0.481 e. The molecule has 0 unspecified atom stereocenters. The molecule has 37 heavy (non-hydrogen) atoms. The Balaban J connectivity index is 1.31. The van der Waals surface area contributed by atoms with Gasteiger partial charge in [0.1, 0.15) is 17.3 Å². The van der Waals surface area contributed by atoms with Gasteiger partial charge in [0.25, 0.3) is 0 Å². The van der Waals surface area contributed by atoms with Crippen LogP contribution in [0.1, 0.15) is 18.4 Å². The van der Waals surface area contributed by atoms with Crippen molar-refractivity contribution in [2.45, 2.75) is 25.8 Å². The van der Waals surface area contributed by atoms with E-state index in [-0.39, 0.29) is 23.7 Å². The maximum atomic E-state index is 15.3. The first-order chi connectivity index (χ1) is 17.9. The van der Waals surface area contributed by atoms with E-state index >= 15 is 4.39 Å². The SMILES string of the molecule is Cc1cccc2c(-c3c(F)ccc4nn(C)cc34)nn(-c3ccc(N4C[C@H]5C[C@@H]4C[C@@H]5C(=O)O)nc3)c12. The minimum atomic E-state index is -0.689. The third-order valence-electron chi connectivity index (χ3n) is 8.02. The van der Waals surface area contributed by atoms with Crippen LogP contribution in [0.2, 0.25) is 0 Å². The minimum absolute atomic E-state index is 0.175. The van der Waals surface area contributed by atoms with Crippen molar-refractivity contribution in [3.8, 4) is 16.9 Å². The van der Waals surface area contributed by atoms with Gasteiger partial charge in [0.2, 0.25) is 0 Å². The summed E-state index contributed by atoms with van der Waals surface area (Å²) in [5, 5.41) is 20.4. The van der Waals surface area contributed by atoms with Crippen LogP contribution in [0.5, 0.6) is 0 Å². The number of piperidine rings is 1. The van der Waals surface area contributed by atoms with E-state index in [4.69, 9.17) is 10.1 Å². The number of anilines is 1. The van der Waals surface area contributed by atoms with Crippen LogP contribution in [0.15, 0.2) is 54.9 Å². The fourth-order valence-corrected chi connectivity index (χ4v) is 6.34. The maximum Gasteiger partial charge on any atom is 0.306 e. The van der Waals surface area contributed by atoms with Crippen LogP contribution >= 0.6 is 0 Å². The summed E-state index contributed by atoms with van der Waals surface area (Å²) in [6.45, 7) is 2.74. The zero-order valence-electron chi connectivity index (χ0n) is 20.5. The second-order valence-electron chi connectivity index (χ2n) is 10.2. The highest BCUT2D eigenvalue weighted by Gasteiger charge is 2.48. The number of hydrogen-bond donors (Lipinski definition) is 1. The average molecular weight is 497 g/mol. The smallest absolute Gasteiger partial charge is 0.306 e. The Morgan fingerprint density at radius 1 is 1.08 bits per heavy atom. The van der Waals surface area contributed by atoms with Crippen LogP contribution in [0.4, 0.5) is 10.2 Å². The van der Waals surface area contributed by atoms with Crippen molar-refractivity contribution in [2.75, 3.05) is 11.4 Å². The standard InChI is InChI=1S/C28H25FN6O2/c1-15-4-3-5-19-26(25-21-14-33(2)31-23(21)8-7-22(25)29)32-35(27(15)19)17-6-9-24(30-12-17)34-13-16-10-18(34)11-20(16)28(36)37/h3-9,12,14,16,18,20H,10-11,13H2,1-2H3,(H,36,37)/t16-,18-,20+/m1/s1. The summed E-state index contributed by atoms with van der Waals surface area (Å²) in [5.74, 6) is -0.257. The Labute approximate surface area is 211 Å². The summed E-state index contributed by atoms with van der Waals surface area (Å²) in [5.41, 5.74) is 4.42. The van der Waals surface area contributed by atoms with E-state index in [9.17, 15) is 9.90 Å². The molecule has 2 aromatic carbocycles. The predicted octanol–water partition coefficient (Wildman–Crippen LogP) is 4.72. The quantitative estimate of drug-likeness (QED) is 0.387. The van der Waals surface area contributed by atoms with E-state index in [1.165, 1.54) is 6.07 Å². The molecule has 3 aromatic heterocycles. The molecule has 7 rings (SSSR count). The molecule has 5 aromatic rings. The Morgan fingerprint density at radius 2 is 1.95 bits per heavy atom. The first-order valence-corrected chi connectivity index (χ1v) is 12.5. The van der Waals surface area contributed by atoms with Gasteiger partial charge in [-0.05, 0) is 55.5 Å². The van der Waals surface area contributed by atoms with Crippen molar-refractivity contribution in [2.24, 2.45) is 18.9 Å². The number of pyridine rings is 1. The lowest BCUT2D eigenvalue weighted by atomic mass is 9.95. The molecule has 9 heteroatoms. The van der Waals surface area contributed by atoms with Gasteiger partial charge < -0.3 is 10.0 Å². The highest BCUT2D eigenvalue weighted by molar-refractivity contribution is 6.03. The van der Waals surface area contributed by atoms with Gasteiger partial charge in [0.05, 0.1) is 28.8 Å². The third-order valence-corrected chi connectivity index (χ3v) is 8.02. The summed E-state index contributed by atoms with van der Waals surface area (Å²) in [6.07, 6.45) is 5.18. The van der Waals surface area contributed by atoms with E-state index in [0.717, 1.165) is 40.9 Å². The van der Waals surface area contributed by atoms with Gasteiger partial charge in [0.15, 0.2) is 0 Å². The fraction of sp³-hybridized carbons (Fsp3) is 0.286. The number of carboxylic acid groups (broad SMARTS) is 1. The fourth-order valence-electron chi connectivity index (χ4n) is 6.34. The Hall–Kier alpha value is -4.27. The maximum absolute atomic E-state index is 15.3. The first-order valence-electron chi connectivity index (χ1n) is 12.5. The van der Waals surface area contributed by atoms with Crippen molar-refractivity contribution < 1.29 is 14.3 Å². The number of aliphatic carboxylic acids is 1. The molecule has 186 valence electrons. The molecule has 1 saturated heterocycles. The van der Waals surface area contributed by atoms with E-state index < -0.39 is 5.97 Å². The Morgan fingerprint density at radius 3 is 2.68 bits per heavy atom. The van der Waals surface area contributed by atoms with E-state index in [0.29, 0.717) is 28.6 Å². The highest BCUT2D eigenvalue weighted by Crippen LogP contribution is 2.44. The molecule has 3 atom stereocenters. The summed E-state index contributed by atoms with van der Waals surface area (Å²) >= 11 is 0. The topological polar surface area (TPSA) is 89.1 Å². The molecule has 2 bridgehead atoms. The molecule has 0 spiro atoms. The number of aryl methyl sites for hydroxylation is 2. The number of carbonyl (C=O) groups is 1. The van der Waals surface area contributed by atoms with Gasteiger partial charge in [-0.2, -0.15) is 10.2 Å². The molecular weight excluding hydrogens is 471 g/mol. The van der Waals surface area contributed by atoms with Crippen LogP contribution < -0.4 is 4.90 Å². The second-order valence-corrected chi connectivity index (χ2v) is 10.2. The number of carboxylic acids is 1. The Bertz CT molecular complexity index is 1710. The van der Waals surface area contributed by atoms with Crippen LogP contribution in [0.25, 0.3) is 38.8 Å². The molecule has 1 aliphatic heterocycles. The van der Waals surface area contributed by atoms with Crippen LogP contribution in [0, 0.1) is 24.6 Å². The van der Waals surface area contributed by atoms with Crippen molar-refractivity contribution in [3.05, 3.63) is 66.2 Å². The molecule has 1 aliphatic carbocycles. The number of hydrogen-bond acceptors (Lipinski definition) is 5. The van der Waals surface area contributed by atoms with Gasteiger partial charge in [-0.3, -0.25) is 9.48 Å². The lowest BCUT2D eigenvalue weighted by Gasteiger charge is -2.30. The lowest BCUT2D eigenvalue weighted by molar-refractivity contribution is -0.143. The molecule has 2 aliphatic rings. The summed E-state index contributed by atoms with van der Waals surface area (Å²) in [7, 11) is 1.82. The number of fused-ring (bicyclic) bond motifs is 4. The number of aromatic nitrogens is 5. The molecule has 0 radical (unpaired) electrons. The lowest BCUT2D eigenvalue weighted by Crippen LogP contribution is -2.38. The molecule has 4 heterocycles. The average Bonchev–Trinajstić information content (AvgIpc) is 3.66. The third kappa shape index (κ3) is 3.26. The highest BCUT2D eigenvalue weighted by atomic mass is 19.1. The molecular formula is C28H25FN6O2. The van der Waals surface area contributed by atoms with Crippen molar-refractivity contribution in [3.63, 3.8) is 0 Å². The molecule has 2 fully saturated rings. The normalized spacial score (nSPS) is 20.9. The van der Waals surface area contributed by atoms with Crippen molar-refractivity contribution in [1.29, 1.82) is 0 Å². The summed E-state index contributed by atoms with van der Waals surface area (Å²) in [4.78, 5) is 18.5. The van der Waals surface area contributed by atoms with E-state index in [1.807, 2.05) is 55.2 Å². The number of para-hydroxylation sites is 1. The zero-order valence-corrected chi connectivity index (χ0v) is 20.5. The first kappa shape index (κ1) is 22.0. The number of benzene rings is 2. The van der Waals surface area contributed by atoms with Crippen LogP contribution in [0.3, 0.4) is 0 Å². The Kier molecular flexibility index (Phi) is 4.67. The van der Waals surface area contributed by atoms with Gasteiger partial charge in [-0.1, -0.05) is 18.2 Å². The van der Waals surface area contributed by atoms with Gasteiger partial charge in [-0.25, -0.2) is 14.1 Å². The molecule has 8 nitrogen and oxygen atoms in total. The summed E-state index contributed by atoms with van der Waals surface area (Å²) in [6, 6.07) is 13.2. The van der Waals surface area contributed by atoms with Crippen molar-refractivity contribution >= 4 is 33.6 Å². The van der Waals surface area contributed by atoms with E-state index in [1.54, 1.807) is 16.9 Å². The van der Waals surface area contributed by atoms with Gasteiger partial charge in [0, 0.05) is 42.2 Å². The monoisotopic (exact) mass is 496 g/mol. The molecule has 1 N–H and O–H groups in total.